The minimum absolute atomic E-state index is 0.0815. The van der Waals surface area contributed by atoms with Crippen molar-refractivity contribution in [1.82, 2.24) is 4.90 Å². The number of nitrogens with zero attached hydrogens (tertiary/aromatic N) is 1. The Morgan fingerprint density at radius 3 is 2.56 bits per heavy atom. The molecule has 27 heavy (non-hydrogen) atoms. The number of hydrogen-bond acceptors (Lipinski definition) is 4. The van der Waals surface area contributed by atoms with Crippen molar-refractivity contribution in [1.29, 1.82) is 0 Å². The Bertz CT molecular complexity index is 898. The minimum atomic E-state index is -1.10. The first kappa shape index (κ1) is 18.5. The van der Waals surface area contributed by atoms with Gasteiger partial charge in [-0.2, -0.15) is 0 Å². The van der Waals surface area contributed by atoms with Crippen LogP contribution in [0.15, 0.2) is 30.3 Å². The number of rotatable bonds is 5. The zero-order valence-corrected chi connectivity index (χ0v) is 14.6. The Hall–Kier alpha value is -3.29. The molecule has 0 unspecified atom stereocenters. The van der Waals surface area contributed by atoms with Crippen molar-refractivity contribution in [2.24, 2.45) is 0 Å². The summed E-state index contributed by atoms with van der Waals surface area (Å²) >= 11 is 0. The average Bonchev–Trinajstić information content (AvgIpc) is 2.66. The number of carboxylic acid groups (broad SMARTS) is 2. The van der Waals surface area contributed by atoms with E-state index in [1.54, 1.807) is 24.3 Å². The molecule has 0 atom stereocenters. The van der Waals surface area contributed by atoms with Crippen molar-refractivity contribution in [3.8, 4) is 22.6 Å². The van der Waals surface area contributed by atoms with Gasteiger partial charge in [-0.15, -0.1) is 0 Å². The number of benzene rings is 2. The third-order valence-corrected chi connectivity index (χ3v) is 4.45. The Morgan fingerprint density at radius 2 is 1.89 bits per heavy atom. The summed E-state index contributed by atoms with van der Waals surface area (Å²) in [6, 6.07) is 7.78. The normalized spacial score (nSPS) is 13.0. The van der Waals surface area contributed by atoms with E-state index >= 15 is 0 Å². The first-order valence-electron chi connectivity index (χ1n) is 8.22. The molecule has 2 aromatic carbocycles. The predicted molar refractivity (Wildman–Crippen MR) is 93.7 cm³/mol. The van der Waals surface area contributed by atoms with Gasteiger partial charge < -0.3 is 24.6 Å². The van der Waals surface area contributed by atoms with Crippen molar-refractivity contribution >= 4 is 12.1 Å². The second-order valence-corrected chi connectivity index (χ2v) is 6.05. The van der Waals surface area contributed by atoms with E-state index in [-0.39, 0.29) is 18.9 Å². The highest BCUT2D eigenvalue weighted by Gasteiger charge is 2.26. The van der Waals surface area contributed by atoms with Crippen LogP contribution in [0.4, 0.5) is 9.18 Å². The van der Waals surface area contributed by atoms with Gasteiger partial charge >= 0.3 is 12.1 Å². The van der Waals surface area contributed by atoms with Crippen LogP contribution < -0.4 is 9.47 Å². The minimum Gasteiger partial charge on any atom is -0.496 e. The van der Waals surface area contributed by atoms with Gasteiger partial charge in [0.25, 0.3) is 0 Å². The Morgan fingerprint density at radius 1 is 1.15 bits per heavy atom. The molecule has 8 heteroatoms. The lowest BCUT2D eigenvalue weighted by Crippen LogP contribution is -2.35. The number of hydrogen-bond donors (Lipinski definition) is 2. The number of methoxy groups -OCH3 is 1. The number of carboxylic acids is 1. The largest absolute Gasteiger partial charge is 0.496 e. The standard InChI is InChI=1S/C19H18FNO6/c1-26-17-8-11(27-10-18(22)23)2-3-14(17)12-4-5-16(20)13-6-7-21(19(24)25)9-15(12)13/h2-5,8H,6-7,9-10H2,1H3,(H,22,23)(H,24,25). The molecule has 2 N–H and O–H groups in total. The van der Waals surface area contributed by atoms with E-state index in [9.17, 15) is 19.1 Å². The van der Waals surface area contributed by atoms with Crippen LogP contribution in [0.5, 0.6) is 11.5 Å². The first-order valence-corrected chi connectivity index (χ1v) is 8.22. The summed E-state index contributed by atoms with van der Waals surface area (Å²) in [6.45, 7) is -0.165. The van der Waals surface area contributed by atoms with Gasteiger partial charge in [0.1, 0.15) is 17.3 Å². The molecular formula is C19H18FNO6. The SMILES string of the molecule is COc1cc(OCC(=O)O)ccc1-c1ccc(F)c2c1CN(C(=O)O)CC2. The number of aliphatic carboxylic acids is 1. The van der Waals surface area contributed by atoms with Crippen LogP contribution in [0.2, 0.25) is 0 Å². The molecule has 0 spiro atoms. The van der Waals surface area contributed by atoms with Crippen LogP contribution in [0.1, 0.15) is 11.1 Å². The molecule has 1 amide bonds. The smallest absolute Gasteiger partial charge is 0.407 e. The molecule has 0 saturated carbocycles. The molecule has 7 nitrogen and oxygen atoms in total. The third-order valence-electron chi connectivity index (χ3n) is 4.45. The number of amides is 1. The summed E-state index contributed by atoms with van der Waals surface area (Å²) in [6.07, 6.45) is -0.760. The number of ether oxygens (including phenoxy) is 2. The van der Waals surface area contributed by atoms with E-state index in [0.29, 0.717) is 40.2 Å². The van der Waals surface area contributed by atoms with Gasteiger partial charge in [0.2, 0.25) is 0 Å². The molecule has 0 fully saturated rings. The van der Waals surface area contributed by atoms with Crippen molar-refractivity contribution < 1.29 is 33.7 Å². The Kier molecular flexibility index (Phi) is 5.16. The molecule has 0 aliphatic carbocycles. The fourth-order valence-corrected chi connectivity index (χ4v) is 3.18. The summed E-state index contributed by atoms with van der Waals surface area (Å²) in [7, 11) is 1.46. The number of fused-ring (bicyclic) bond motifs is 1. The Balaban J connectivity index is 2.04. The van der Waals surface area contributed by atoms with Gasteiger partial charge in [0.05, 0.1) is 7.11 Å². The highest BCUT2D eigenvalue weighted by Crippen LogP contribution is 2.38. The van der Waals surface area contributed by atoms with Crippen LogP contribution in [-0.2, 0) is 17.8 Å². The zero-order chi connectivity index (χ0) is 19.6. The summed E-state index contributed by atoms with van der Waals surface area (Å²) in [5, 5.41) is 18.0. The third kappa shape index (κ3) is 3.79. The second-order valence-electron chi connectivity index (χ2n) is 6.05. The van der Waals surface area contributed by atoms with Gasteiger partial charge in [-0.25, -0.2) is 14.0 Å². The molecule has 0 saturated heterocycles. The maximum Gasteiger partial charge on any atom is 0.407 e. The molecule has 142 valence electrons. The van der Waals surface area contributed by atoms with Crippen molar-refractivity contribution in [3.63, 3.8) is 0 Å². The molecule has 0 radical (unpaired) electrons. The van der Waals surface area contributed by atoms with Gasteiger partial charge in [-0.05, 0) is 41.3 Å². The number of halogens is 1. The highest BCUT2D eigenvalue weighted by molar-refractivity contribution is 5.77. The van der Waals surface area contributed by atoms with Gasteiger partial charge in [-0.3, -0.25) is 0 Å². The molecular weight excluding hydrogens is 357 g/mol. The molecule has 1 aliphatic rings. The monoisotopic (exact) mass is 375 g/mol. The van der Waals surface area contributed by atoms with E-state index in [1.165, 1.54) is 18.1 Å². The summed E-state index contributed by atoms with van der Waals surface area (Å²) in [5.74, 6) is -0.723. The molecule has 3 rings (SSSR count). The summed E-state index contributed by atoms with van der Waals surface area (Å²) in [5.41, 5.74) is 2.40. The molecule has 0 aromatic heterocycles. The quantitative estimate of drug-likeness (QED) is 0.834. The zero-order valence-electron chi connectivity index (χ0n) is 14.6. The lowest BCUT2D eigenvalue weighted by Gasteiger charge is -2.29. The maximum atomic E-state index is 14.2. The molecule has 0 bridgehead atoms. The fourth-order valence-electron chi connectivity index (χ4n) is 3.18. The maximum absolute atomic E-state index is 14.2. The first-order chi connectivity index (χ1) is 12.9. The van der Waals surface area contributed by atoms with E-state index in [0.717, 1.165) is 0 Å². The van der Waals surface area contributed by atoms with Gasteiger partial charge in [-0.1, -0.05) is 6.07 Å². The van der Waals surface area contributed by atoms with Crippen LogP contribution >= 0.6 is 0 Å². The lowest BCUT2D eigenvalue weighted by molar-refractivity contribution is -0.139. The van der Waals surface area contributed by atoms with Crippen LogP contribution in [0.25, 0.3) is 11.1 Å². The van der Waals surface area contributed by atoms with Crippen LogP contribution in [-0.4, -0.2) is 47.4 Å². The van der Waals surface area contributed by atoms with Gasteiger partial charge in [0, 0.05) is 24.7 Å². The predicted octanol–water partition coefficient (Wildman–Crippen LogP) is 3.00. The number of carbonyl (C=O) groups is 2. The van der Waals surface area contributed by atoms with Crippen molar-refractivity contribution in [2.45, 2.75) is 13.0 Å². The van der Waals surface area contributed by atoms with Crippen LogP contribution in [0, 0.1) is 5.82 Å². The average molecular weight is 375 g/mol. The van der Waals surface area contributed by atoms with E-state index in [4.69, 9.17) is 14.6 Å². The summed E-state index contributed by atoms with van der Waals surface area (Å²) < 4.78 is 24.8. The summed E-state index contributed by atoms with van der Waals surface area (Å²) in [4.78, 5) is 23.2. The van der Waals surface area contributed by atoms with E-state index in [1.807, 2.05) is 0 Å². The lowest BCUT2D eigenvalue weighted by atomic mass is 9.90. The second kappa shape index (κ2) is 7.53. The molecule has 2 aromatic rings. The van der Waals surface area contributed by atoms with E-state index < -0.39 is 18.7 Å². The highest BCUT2D eigenvalue weighted by atomic mass is 19.1. The molecule has 1 heterocycles. The van der Waals surface area contributed by atoms with E-state index in [2.05, 4.69) is 0 Å². The molecule has 1 aliphatic heterocycles. The van der Waals surface area contributed by atoms with Crippen molar-refractivity contribution in [3.05, 3.63) is 47.3 Å². The Labute approximate surface area is 154 Å². The fraction of sp³-hybridized carbons (Fsp3) is 0.263. The van der Waals surface area contributed by atoms with Gasteiger partial charge in [0.15, 0.2) is 6.61 Å². The van der Waals surface area contributed by atoms with Crippen LogP contribution in [0.3, 0.4) is 0 Å². The topological polar surface area (TPSA) is 96.3 Å². The van der Waals surface area contributed by atoms with Crippen molar-refractivity contribution in [2.75, 3.05) is 20.3 Å².